The first-order valence-electron chi connectivity index (χ1n) is 8.13. The second kappa shape index (κ2) is 9.68. The third-order valence-electron chi connectivity index (χ3n) is 3.54. The van der Waals surface area contributed by atoms with Gasteiger partial charge in [0.1, 0.15) is 6.54 Å². The number of halogens is 4. The van der Waals surface area contributed by atoms with Gasteiger partial charge in [-0.2, -0.15) is 13.2 Å². The minimum absolute atomic E-state index is 0.216. The number of carbonyl (C=O) groups excluding carboxylic acids is 1. The van der Waals surface area contributed by atoms with Crippen LogP contribution in [0.4, 0.5) is 18.9 Å². The summed E-state index contributed by atoms with van der Waals surface area (Å²) in [5.74, 6) is -0.197. The van der Waals surface area contributed by atoms with Gasteiger partial charge in [-0.15, -0.1) is 11.8 Å². The zero-order valence-electron chi connectivity index (χ0n) is 15.1. The molecular formula is C17H17ClF3N3O3S2. The number of benzene rings is 1. The van der Waals surface area contributed by atoms with Gasteiger partial charge in [-0.3, -0.25) is 9.10 Å². The molecule has 0 aliphatic rings. The van der Waals surface area contributed by atoms with Crippen molar-refractivity contribution in [3.8, 4) is 0 Å². The summed E-state index contributed by atoms with van der Waals surface area (Å²) in [5.41, 5.74) is -1.49. The number of rotatable bonds is 8. The van der Waals surface area contributed by atoms with Crippen LogP contribution in [0.15, 0.2) is 47.6 Å². The molecule has 0 bridgehead atoms. The van der Waals surface area contributed by atoms with E-state index in [1.807, 2.05) is 6.07 Å². The van der Waals surface area contributed by atoms with Crippen LogP contribution in [0.1, 0.15) is 5.56 Å². The molecule has 12 heteroatoms. The van der Waals surface area contributed by atoms with Crippen molar-refractivity contribution in [2.45, 2.75) is 11.2 Å². The van der Waals surface area contributed by atoms with Gasteiger partial charge in [0, 0.05) is 18.5 Å². The number of amides is 1. The van der Waals surface area contributed by atoms with Crippen LogP contribution >= 0.6 is 23.4 Å². The number of hydrogen-bond donors (Lipinski definition) is 1. The Morgan fingerprint density at radius 2 is 2.00 bits per heavy atom. The molecule has 0 saturated carbocycles. The largest absolute Gasteiger partial charge is 0.416 e. The highest BCUT2D eigenvalue weighted by molar-refractivity contribution is 7.99. The molecule has 1 amide bonds. The Morgan fingerprint density at radius 3 is 2.59 bits per heavy atom. The molecule has 29 heavy (non-hydrogen) atoms. The Kier molecular flexibility index (Phi) is 7.78. The Morgan fingerprint density at radius 1 is 1.28 bits per heavy atom. The van der Waals surface area contributed by atoms with Crippen LogP contribution in [-0.4, -0.2) is 44.4 Å². The smallest absolute Gasteiger partial charge is 0.354 e. The summed E-state index contributed by atoms with van der Waals surface area (Å²) in [4.78, 5) is 16.3. The normalized spacial score (nSPS) is 11.9. The second-order valence-corrected chi connectivity index (χ2v) is 9.23. The summed E-state index contributed by atoms with van der Waals surface area (Å²) in [6.45, 7) is -0.484. The van der Waals surface area contributed by atoms with Gasteiger partial charge in [0.05, 0.1) is 27.6 Å². The highest BCUT2D eigenvalue weighted by Gasteiger charge is 2.33. The summed E-state index contributed by atoms with van der Waals surface area (Å²) in [5, 5.41) is 3.07. The van der Waals surface area contributed by atoms with Crippen molar-refractivity contribution < 1.29 is 26.4 Å². The van der Waals surface area contributed by atoms with E-state index in [9.17, 15) is 26.4 Å². The van der Waals surface area contributed by atoms with E-state index in [0.717, 1.165) is 23.4 Å². The highest BCUT2D eigenvalue weighted by Crippen LogP contribution is 2.36. The number of aromatic nitrogens is 1. The SMILES string of the molecule is CS(=O)(=O)N(CC(=O)NCCSc1ccccn1)c1cc(C(F)(F)F)ccc1Cl. The molecule has 1 aromatic heterocycles. The Balaban J connectivity index is 2.07. The molecule has 0 aliphatic carbocycles. The third kappa shape index (κ3) is 7.09. The summed E-state index contributed by atoms with van der Waals surface area (Å²) < 4.78 is 63.6. The molecule has 1 heterocycles. The fourth-order valence-electron chi connectivity index (χ4n) is 2.23. The average Bonchev–Trinajstić information content (AvgIpc) is 2.63. The predicted molar refractivity (Wildman–Crippen MR) is 107 cm³/mol. The minimum atomic E-state index is -4.69. The van der Waals surface area contributed by atoms with E-state index in [4.69, 9.17) is 11.6 Å². The van der Waals surface area contributed by atoms with E-state index in [2.05, 4.69) is 10.3 Å². The molecule has 158 valence electrons. The summed E-state index contributed by atoms with van der Waals surface area (Å²) >= 11 is 7.30. The van der Waals surface area contributed by atoms with Crippen molar-refractivity contribution in [2.75, 3.05) is 29.4 Å². The first kappa shape index (κ1) is 23.3. The molecule has 2 rings (SSSR count). The third-order valence-corrected chi connectivity index (χ3v) is 5.93. The highest BCUT2D eigenvalue weighted by atomic mass is 35.5. The number of thioether (sulfide) groups is 1. The lowest BCUT2D eigenvalue weighted by molar-refractivity contribution is -0.137. The second-order valence-electron chi connectivity index (χ2n) is 5.80. The van der Waals surface area contributed by atoms with Crippen molar-refractivity contribution in [2.24, 2.45) is 0 Å². The number of pyridine rings is 1. The lowest BCUT2D eigenvalue weighted by Crippen LogP contribution is -2.41. The summed E-state index contributed by atoms with van der Waals surface area (Å²) in [6.07, 6.45) is -2.27. The molecule has 6 nitrogen and oxygen atoms in total. The van der Waals surface area contributed by atoms with E-state index >= 15 is 0 Å². The number of nitrogens with zero attached hydrogens (tertiary/aromatic N) is 2. The molecule has 0 fully saturated rings. The zero-order valence-corrected chi connectivity index (χ0v) is 17.5. The standard InChI is InChI=1S/C17H17ClF3N3O3S2/c1-29(26,27)24(14-10-12(17(19,20)21)5-6-13(14)18)11-15(25)22-8-9-28-16-4-2-3-7-23-16/h2-7,10H,8-9,11H2,1H3,(H,22,25). The van der Waals surface area contributed by atoms with Crippen molar-refractivity contribution >= 4 is 45.0 Å². The number of alkyl halides is 3. The van der Waals surface area contributed by atoms with Gasteiger partial charge in [-0.1, -0.05) is 17.7 Å². The Bertz CT molecular complexity index is 957. The van der Waals surface area contributed by atoms with Crippen molar-refractivity contribution in [1.82, 2.24) is 10.3 Å². The van der Waals surface area contributed by atoms with Gasteiger partial charge < -0.3 is 5.32 Å². The Hall–Kier alpha value is -1.98. The quantitative estimate of drug-likeness (QED) is 0.475. The topological polar surface area (TPSA) is 79.4 Å². The van der Waals surface area contributed by atoms with Crippen molar-refractivity contribution in [1.29, 1.82) is 0 Å². The van der Waals surface area contributed by atoms with Crippen molar-refractivity contribution in [3.05, 3.63) is 53.2 Å². The molecule has 0 saturated heterocycles. The first-order chi connectivity index (χ1) is 13.5. The summed E-state index contributed by atoms with van der Waals surface area (Å²) in [6, 6.07) is 7.67. The van der Waals surface area contributed by atoms with E-state index < -0.39 is 39.9 Å². The number of sulfonamides is 1. The predicted octanol–water partition coefficient (Wildman–Crippen LogP) is 3.43. The maximum absolute atomic E-state index is 13.0. The number of nitrogens with one attached hydrogen (secondary N) is 1. The number of anilines is 1. The summed E-state index contributed by atoms with van der Waals surface area (Å²) in [7, 11) is -4.07. The van der Waals surface area contributed by atoms with E-state index in [1.165, 1.54) is 11.8 Å². The van der Waals surface area contributed by atoms with Crippen LogP contribution in [0, 0.1) is 0 Å². The molecule has 0 spiro atoms. The van der Waals surface area contributed by atoms with Gasteiger partial charge in [-0.05, 0) is 30.3 Å². The van der Waals surface area contributed by atoms with Gasteiger partial charge in [0.15, 0.2) is 0 Å². The van der Waals surface area contributed by atoms with Crippen LogP contribution in [0.25, 0.3) is 0 Å². The van der Waals surface area contributed by atoms with Crippen LogP contribution in [0.2, 0.25) is 5.02 Å². The van der Waals surface area contributed by atoms with Gasteiger partial charge in [0.25, 0.3) is 0 Å². The number of hydrogen-bond acceptors (Lipinski definition) is 5. The molecule has 1 N–H and O–H groups in total. The minimum Gasteiger partial charge on any atom is -0.354 e. The van der Waals surface area contributed by atoms with Gasteiger partial charge >= 0.3 is 6.18 Å². The zero-order chi connectivity index (χ0) is 21.7. The van der Waals surface area contributed by atoms with Crippen LogP contribution in [0.3, 0.4) is 0 Å². The fraction of sp³-hybridized carbons (Fsp3) is 0.294. The van der Waals surface area contributed by atoms with E-state index in [1.54, 1.807) is 18.3 Å². The Labute approximate surface area is 175 Å². The van der Waals surface area contributed by atoms with Crippen LogP contribution in [0.5, 0.6) is 0 Å². The molecule has 0 radical (unpaired) electrons. The molecular weight excluding hydrogens is 451 g/mol. The maximum atomic E-state index is 13.0. The molecule has 0 unspecified atom stereocenters. The monoisotopic (exact) mass is 467 g/mol. The van der Waals surface area contributed by atoms with Crippen molar-refractivity contribution in [3.63, 3.8) is 0 Å². The first-order valence-corrected chi connectivity index (χ1v) is 11.3. The van der Waals surface area contributed by atoms with E-state index in [0.29, 0.717) is 16.1 Å². The van der Waals surface area contributed by atoms with E-state index in [-0.39, 0.29) is 11.6 Å². The fourth-order valence-corrected chi connectivity index (χ4v) is 4.08. The molecule has 0 aliphatic heterocycles. The average molecular weight is 468 g/mol. The lowest BCUT2D eigenvalue weighted by Gasteiger charge is -2.24. The molecule has 2 aromatic rings. The van der Waals surface area contributed by atoms with Gasteiger partial charge in [0.2, 0.25) is 15.9 Å². The number of carbonyl (C=O) groups is 1. The van der Waals surface area contributed by atoms with Gasteiger partial charge in [-0.25, -0.2) is 13.4 Å². The van der Waals surface area contributed by atoms with Crippen LogP contribution in [-0.2, 0) is 21.0 Å². The van der Waals surface area contributed by atoms with Crippen LogP contribution < -0.4 is 9.62 Å². The molecule has 0 atom stereocenters. The lowest BCUT2D eigenvalue weighted by atomic mass is 10.2. The maximum Gasteiger partial charge on any atom is 0.416 e. The molecule has 1 aromatic carbocycles.